The minimum atomic E-state index is -4.86. The molecule has 1 saturated heterocycles. The third-order valence-electron chi connectivity index (χ3n) is 4.70. The fourth-order valence-corrected chi connectivity index (χ4v) is 2.52. The normalized spacial score (nSPS) is 18.9. The molecular formula is C18H24BF3N2O4. The van der Waals surface area contributed by atoms with Crippen molar-refractivity contribution >= 4 is 24.8 Å². The number of nitrogens with one attached hydrogen (secondary N) is 1. The Kier molecular flexibility index (Phi) is 6.05. The SMILES string of the molecule is CC(=O)NCC(=Cc1cc(N)ccc1OC(F)(F)F)B1OC(C)(C)C(C)(C)O1. The monoisotopic (exact) mass is 400 g/mol. The molecule has 1 aromatic carbocycles. The Balaban J connectivity index is 2.46. The summed E-state index contributed by atoms with van der Waals surface area (Å²) in [5.41, 5.74) is 5.18. The van der Waals surface area contributed by atoms with Crippen LogP contribution in [0.3, 0.4) is 0 Å². The number of hydrogen-bond donors (Lipinski definition) is 2. The van der Waals surface area contributed by atoms with E-state index in [4.69, 9.17) is 15.0 Å². The molecule has 0 radical (unpaired) electrons. The van der Waals surface area contributed by atoms with Gasteiger partial charge in [0.05, 0.1) is 11.2 Å². The van der Waals surface area contributed by atoms with Crippen molar-refractivity contribution in [3.63, 3.8) is 0 Å². The molecule has 0 spiro atoms. The van der Waals surface area contributed by atoms with Crippen molar-refractivity contribution < 1.29 is 32.0 Å². The number of nitrogens with two attached hydrogens (primary N) is 1. The van der Waals surface area contributed by atoms with Gasteiger partial charge in [0.1, 0.15) is 5.75 Å². The molecule has 1 fully saturated rings. The topological polar surface area (TPSA) is 82.8 Å². The Bertz CT molecular complexity index is 763. The molecule has 3 N–H and O–H groups in total. The summed E-state index contributed by atoms with van der Waals surface area (Å²) in [5, 5.41) is 2.62. The second-order valence-electron chi connectivity index (χ2n) is 7.56. The van der Waals surface area contributed by atoms with Crippen molar-refractivity contribution in [2.75, 3.05) is 12.3 Å². The quantitative estimate of drug-likeness (QED) is 0.586. The van der Waals surface area contributed by atoms with Gasteiger partial charge in [-0.15, -0.1) is 13.2 Å². The van der Waals surface area contributed by atoms with Crippen LogP contribution in [0.25, 0.3) is 6.08 Å². The van der Waals surface area contributed by atoms with Crippen LogP contribution in [0.4, 0.5) is 18.9 Å². The minimum Gasteiger partial charge on any atom is -0.405 e. The second kappa shape index (κ2) is 7.67. The first-order valence-corrected chi connectivity index (χ1v) is 8.66. The number of rotatable bonds is 5. The van der Waals surface area contributed by atoms with E-state index in [0.717, 1.165) is 6.07 Å². The highest BCUT2D eigenvalue weighted by atomic mass is 19.4. The van der Waals surface area contributed by atoms with E-state index < -0.39 is 30.4 Å². The molecule has 0 saturated carbocycles. The van der Waals surface area contributed by atoms with Gasteiger partial charge in [-0.1, -0.05) is 6.08 Å². The van der Waals surface area contributed by atoms with E-state index in [2.05, 4.69) is 10.1 Å². The molecule has 28 heavy (non-hydrogen) atoms. The number of carbonyl (C=O) groups excluding carboxylic acids is 1. The summed E-state index contributed by atoms with van der Waals surface area (Å²) in [6.07, 6.45) is -3.43. The zero-order chi connectivity index (χ0) is 21.3. The summed E-state index contributed by atoms with van der Waals surface area (Å²) in [5.74, 6) is -0.722. The molecule has 0 unspecified atom stereocenters. The largest absolute Gasteiger partial charge is 0.573 e. The fraction of sp³-hybridized carbons (Fsp3) is 0.500. The number of carbonyl (C=O) groups is 1. The smallest absolute Gasteiger partial charge is 0.405 e. The van der Waals surface area contributed by atoms with Crippen LogP contribution >= 0.6 is 0 Å². The van der Waals surface area contributed by atoms with E-state index in [-0.39, 0.29) is 23.7 Å². The summed E-state index contributed by atoms with van der Waals surface area (Å²) >= 11 is 0. The lowest BCUT2D eigenvalue weighted by Gasteiger charge is -2.32. The Labute approximate surface area is 162 Å². The number of ether oxygens (including phenoxy) is 1. The molecule has 10 heteroatoms. The number of hydrogen-bond acceptors (Lipinski definition) is 5. The van der Waals surface area contributed by atoms with Crippen LogP contribution in [0.2, 0.25) is 0 Å². The summed E-state index contributed by atoms with van der Waals surface area (Å²) in [4.78, 5) is 11.4. The molecule has 0 aromatic heterocycles. The first-order chi connectivity index (χ1) is 12.7. The number of halogens is 3. The molecule has 0 atom stereocenters. The molecule has 1 heterocycles. The number of nitrogen functional groups attached to an aromatic ring is 1. The molecule has 0 bridgehead atoms. The fourth-order valence-electron chi connectivity index (χ4n) is 2.52. The van der Waals surface area contributed by atoms with Gasteiger partial charge in [0.2, 0.25) is 5.91 Å². The van der Waals surface area contributed by atoms with E-state index >= 15 is 0 Å². The van der Waals surface area contributed by atoms with Crippen molar-refractivity contribution in [1.82, 2.24) is 5.32 Å². The average Bonchev–Trinajstić information content (AvgIpc) is 2.72. The highest BCUT2D eigenvalue weighted by Gasteiger charge is 2.52. The van der Waals surface area contributed by atoms with Gasteiger partial charge in [-0.2, -0.15) is 0 Å². The summed E-state index contributed by atoms with van der Waals surface area (Å²) < 4.78 is 54.2. The molecule has 1 aliphatic rings. The lowest BCUT2D eigenvalue weighted by molar-refractivity contribution is -0.274. The average molecular weight is 400 g/mol. The predicted octanol–water partition coefficient (Wildman–Crippen LogP) is 3.32. The number of benzene rings is 1. The van der Waals surface area contributed by atoms with E-state index in [1.165, 1.54) is 25.1 Å². The van der Waals surface area contributed by atoms with Gasteiger partial charge in [0, 0.05) is 24.7 Å². The van der Waals surface area contributed by atoms with Crippen LogP contribution < -0.4 is 15.8 Å². The maximum atomic E-state index is 12.7. The summed E-state index contributed by atoms with van der Waals surface area (Å²) in [6.45, 7) is 8.75. The zero-order valence-electron chi connectivity index (χ0n) is 16.4. The molecule has 154 valence electrons. The number of alkyl halides is 3. The molecular weight excluding hydrogens is 376 g/mol. The zero-order valence-corrected chi connectivity index (χ0v) is 16.4. The molecule has 6 nitrogen and oxygen atoms in total. The number of amides is 1. The van der Waals surface area contributed by atoms with Gasteiger partial charge >= 0.3 is 13.5 Å². The van der Waals surface area contributed by atoms with Gasteiger partial charge in [0.25, 0.3) is 0 Å². The molecule has 1 aliphatic heterocycles. The van der Waals surface area contributed by atoms with E-state index in [0.29, 0.717) is 5.47 Å². The van der Waals surface area contributed by atoms with Gasteiger partial charge < -0.3 is 25.1 Å². The highest BCUT2D eigenvalue weighted by molar-refractivity contribution is 6.56. The highest BCUT2D eigenvalue weighted by Crippen LogP contribution is 2.39. The van der Waals surface area contributed by atoms with Crippen molar-refractivity contribution in [2.24, 2.45) is 0 Å². The van der Waals surface area contributed by atoms with Crippen molar-refractivity contribution in [2.45, 2.75) is 52.2 Å². The Hall–Kier alpha value is -2.20. The maximum absolute atomic E-state index is 12.7. The standard InChI is InChI=1S/C18H24BF3N2O4/c1-11(25)24-10-13(19-27-16(2,3)17(4,5)28-19)8-12-9-14(23)6-7-15(12)26-18(20,21)22/h6-9H,10,23H2,1-5H3,(H,24,25). The third-order valence-corrected chi connectivity index (χ3v) is 4.70. The maximum Gasteiger partial charge on any atom is 0.573 e. The van der Waals surface area contributed by atoms with Crippen LogP contribution in [0.15, 0.2) is 23.7 Å². The van der Waals surface area contributed by atoms with Gasteiger partial charge in [-0.25, -0.2) is 0 Å². The van der Waals surface area contributed by atoms with Crippen LogP contribution in [0, 0.1) is 0 Å². The van der Waals surface area contributed by atoms with Crippen molar-refractivity contribution in [3.05, 3.63) is 29.2 Å². The van der Waals surface area contributed by atoms with E-state index in [9.17, 15) is 18.0 Å². The molecule has 0 aliphatic carbocycles. The van der Waals surface area contributed by atoms with Crippen LogP contribution in [-0.4, -0.2) is 37.1 Å². The molecule has 2 rings (SSSR count). The Morgan fingerprint density at radius 2 is 1.82 bits per heavy atom. The molecule has 1 aromatic rings. The summed E-state index contributed by atoms with van der Waals surface area (Å²) in [7, 11) is -0.864. The second-order valence-corrected chi connectivity index (χ2v) is 7.56. The van der Waals surface area contributed by atoms with Crippen LogP contribution in [0.1, 0.15) is 40.2 Å². The number of anilines is 1. The minimum absolute atomic E-state index is 0.0203. The predicted molar refractivity (Wildman–Crippen MR) is 100 cm³/mol. The lowest BCUT2D eigenvalue weighted by Crippen LogP contribution is -2.41. The first-order valence-electron chi connectivity index (χ1n) is 8.66. The van der Waals surface area contributed by atoms with Gasteiger partial charge in [-0.3, -0.25) is 4.79 Å². The van der Waals surface area contributed by atoms with E-state index in [1.54, 1.807) is 0 Å². The van der Waals surface area contributed by atoms with Crippen molar-refractivity contribution in [3.8, 4) is 5.75 Å². The summed E-state index contributed by atoms with van der Waals surface area (Å²) in [6, 6.07) is 3.79. The van der Waals surface area contributed by atoms with Crippen LogP contribution in [0.5, 0.6) is 5.75 Å². The Morgan fingerprint density at radius 3 is 2.32 bits per heavy atom. The van der Waals surface area contributed by atoms with E-state index in [1.807, 2.05) is 27.7 Å². The third kappa shape index (κ3) is 5.42. The Morgan fingerprint density at radius 1 is 1.25 bits per heavy atom. The lowest BCUT2D eigenvalue weighted by atomic mass is 9.77. The van der Waals surface area contributed by atoms with Gasteiger partial charge in [0.15, 0.2) is 0 Å². The van der Waals surface area contributed by atoms with Gasteiger partial charge in [-0.05, 0) is 51.4 Å². The van der Waals surface area contributed by atoms with Crippen molar-refractivity contribution in [1.29, 1.82) is 0 Å². The first kappa shape index (κ1) is 22.1. The molecule has 1 amide bonds. The van der Waals surface area contributed by atoms with Crippen LogP contribution in [-0.2, 0) is 14.1 Å².